The molecule has 1 fully saturated rings. The molecule has 4 atom stereocenters. The maximum absolute atomic E-state index is 10.6. The smallest absolute Gasteiger partial charge is 0.213 e. The summed E-state index contributed by atoms with van der Waals surface area (Å²) in [6, 6.07) is 5.10. The van der Waals surface area contributed by atoms with Gasteiger partial charge in [-0.05, 0) is 25.0 Å². The van der Waals surface area contributed by atoms with Crippen LogP contribution in [0.1, 0.15) is 24.5 Å². The molecule has 1 aliphatic rings. The van der Waals surface area contributed by atoms with Gasteiger partial charge in [0, 0.05) is 23.9 Å². The molecule has 7 heteroatoms. The normalized spacial score (nSPS) is 24.3. The van der Waals surface area contributed by atoms with Crippen molar-refractivity contribution >= 4 is 11.0 Å². The van der Waals surface area contributed by atoms with Gasteiger partial charge in [0.2, 0.25) is 5.88 Å². The Bertz CT molecular complexity index is 673. The van der Waals surface area contributed by atoms with Crippen LogP contribution in [0.3, 0.4) is 0 Å². The number of aliphatic hydroxyl groups is 2. The highest BCUT2D eigenvalue weighted by molar-refractivity contribution is 5.78. The van der Waals surface area contributed by atoms with E-state index in [1.807, 2.05) is 0 Å². The number of aromatic nitrogens is 2. The number of pyridine rings is 2. The number of methoxy groups -OCH3 is 1. The van der Waals surface area contributed by atoms with Gasteiger partial charge >= 0.3 is 0 Å². The van der Waals surface area contributed by atoms with Gasteiger partial charge in [-0.3, -0.25) is 4.98 Å². The van der Waals surface area contributed by atoms with Gasteiger partial charge in [-0.15, -0.1) is 0 Å². The molecule has 0 amide bonds. The lowest BCUT2D eigenvalue weighted by Gasteiger charge is -2.32. The van der Waals surface area contributed by atoms with E-state index in [1.54, 1.807) is 24.4 Å². The van der Waals surface area contributed by atoms with Gasteiger partial charge in [-0.2, -0.15) is 0 Å². The highest BCUT2D eigenvalue weighted by Gasteiger charge is 2.32. The number of nitrogens with two attached hydrogens (primary N) is 1. The summed E-state index contributed by atoms with van der Waals surface area (Å²) in [6.45, 7) is 0.387. The van der Waals surface area contributed by atoms with Crippen molar-refractivity contribution in [2.75, 3.05) is 13.7 Å². The average molecular weight is 319 g/mol. The van der Waals surface area contributed by atoms with E-state index >= 15 is 0 Å². The zero-order valence-electron chi connectivity index (χ0n) is 12.9. The molecular formula is C16H21N3O4. The van der Waals surface area contributed by atoms with Crippen molar-refractivity contribution in [1.82, 2.24) is 9.97 Å². The van der Waals surface area contributed by atoms with E-state index in [9.17, 15) is 10.2 Å². The number of aliphatic hydroxyl groups excluding tert-OH is 2. The lowest BCUT2D eigenvalue weighted by Crippen LogP contribution is -2.43. The van der Waals surface area contributed by atoms with Crippen molar-refractivity contribution in [3.05, 3.63) is 30.0 Å². The minimum Gasteiger partial charge on any atom is -0.481 e. The van der Waals surface area contributed by atoms with Gasteiger partial charge < -0.3 is 25.4 Å². The number of fused-ring (bicyclic) bond motifs is 1. The Balaban J connectivity index is 1.89. The van der Waals surface area contributed by atoms with E-state index in [0.717, 1.165) is 6.42 Å². The first-order chi connectivity index (χ1) is 11.1. The van der Waals surface area contributed by atoms with Gasteiger partial charge in [0.25, 0.3) is 0 Å². The Kier molecular flexibility index (Phi) is 4.72. The molecule has 1 saturated heterocycles. The van der Waals surface area contributed by atoms with E-state index in [-0.39, 0.29) is 6.04 Å². The summed E-state index contributed by atoms with van der Waals surface area (Å²) < 4.78 is 10.7. The topological polar surface area (TPSA) is 111 Å². The van der Waals surface area contributed by atoms with Crippen molar-refractivity contribution < 1.29 is 19.7 Å². The third kappa shape index (κ3) is 3.28. The largest absolute Gasteiger partial charge is 0.481 e. The molecule has 4 N–H and O–H groups in total. The minimum absolute atomic E-state index is 0.0109. The summed E-state index contributed by atoms with van der Waals surface area (Å²) in [5.74, 6) is 0.424. The van der Waals surface area contributed by atoms with Gasteiger partial charge in [-0.1, -0.05) is 0 Å². The van der Waals surface area contributed by atoms with Crippen molar-refractivity contribution in [2.45, 2.75) is 37.2 Å². The zero-order chi connectivity index (χ0) is 16.4. The number of rotatable bonds is 4. The summed E-state index contributed by atoms with van der Waals surface area (Å²) in [5, 5.41) is 21.1. The summed E-state index contributed by atoms with van der Waals surface area (Å²) in [5.41, 5.74) is 7.42. The van der Waals surface area contributed by atoms with E-state index < -0.39 is 18.3 Å². The SMILES string of the molecule is COc1ccc2nccc([C@H](O)[C@H](O)[C@H]3CC[C@H](N)CO3)c2n1. The van der Waals surface area contributed by atoms with Crippen LogP contribution in [-0.2, 0) is 4.74 Å². The lowest BCUT2D eigenvalue weighted by molar-refractivity contribution is -0.111. The molecule has 0 unspecified atom stereocenters. The Morgan fingerprint density at radius 1 is 1.30 bits per heavy atom. The first-order valence-electron chi connectivity index (χ1n) is 7.63. The van der Waals surface area contributed by atoms with Crippen LogP contribution >= 0.6 is 0 Å². The quantitative estimate of drug-likeness (QED) is 0.754. The molecule has 0 radical (unpaired) electrons. The maximum Gasteiger partial charge on any atom is 0.213 e. The van der Waals surface area contributed by atoms with Crippen molar-refractivity contribution in [1.29, 1.82) is 0 Å². The standard InChI is InChI=1S/C16H21N3O4/c1-22-13-5-3-11-14(19-13)10(6-7-18-11)15(20)16(21)12-4-2-9(17)8-23-12/h3,5-7,9,12,15-16,20-21H,2,4,8,17H2,1H3/t9-,12+,15-,16+/m0/s1. The number of hydrogen-bond acceptors (Lipinski definition) is 7. The predicted octanol–water partition coefficient (Wildman–Crippen LogP) is 0.539. The van der Waals surface area contributed by atoms with Crippen LogP contribution < -0.4 is 10.5 Å². The molecule has 0 spiro atoms. The molecule has 23 heavy (non-hydrogen) atoms. The van der Waals surface area contributed by atoms with Crippen molar-refractivity contribution in [3.8, 4) is 5.88 Å². The third-order valence-corrected chi connectivity index (χ3v) is 4.17. The Morgan fingerprint density at radius 2 is 2.13 bits per heavy atom. The average Bonchev–Trinajstić information content (AvgIpc) is 2.60. The minimum atomic E-state index is -1.13. The van der Waals surface area contributed by atoms with Crippen LogP contribution in [0, 0.1) is 0 Å². The monoisotopic (exact) mass is 319 g/mol. The molecule has 3 rings (SSSR count). The Morgan fingerprint density at radius 3 is 2.83 bits per heavy atom. The van der Waals surface area contributed by atoms with Gasteiger partial charge in [0.05, 0.1) is 30.9 Å². The molecule has 2 aromatic rings. The van der Waals surface area contributed by atoms with Gasteiger partial charge in [0.15, 0.2) is 0 Å². The molecule has 0 aromatic carbocycles. The second-order valence-corrected chi connectivity index (χ2v) is 5.77. The first-order valence-corrected chi connectivity index (χ1v) is 7.63. The maximum atomic E-state index is 10.6. The van der Waals surface area contributed by atoms with Crippen molar-refractivity contribution in [2.24, 2.45) is 5.73 Å². The Labute approximate surface area is 134 Å². The number of nitrogens with zero attached hydrogens (tertiary/aromatic N) is 2. The fourth-order valence-corrected chi connectivity index (χ4v) is 2.83. The molecule has 3 heterocycles. The summed E-state index contributed by atoms with van der Waals surface area (Å²) in [4.78, 5) is 8.56. The third-order valence-electron chi connectivity index (χ3n) is 4.17. The van der Waals surface area contributed by atoms with E-state index in [1.165, 1.54) is 7.11 Å². The van der Waals surface area contributed by atoms with Gasteiger partial charge in [-0.25, -0.2) is 4.98 Å². The van der Waals surface area contributed by atoms with Crippen LogP contribution in [0.2, 0.25) is 0 Å². The molecule has 0 saturated carbocycles. The highest BCUT2D eigenvalue weighted by atomic mass is 16.5. The second-order valence-electron chi connectivity index (χ2n) is 5.77. The molecule has 2 aromatic heterocycles. The number of hydrogen-bond donors (Lipinski definition) is 3. The highest BCUT2D eigenvalue weighted by Crippen LogP contribution is 2.29. The van der Waals surface area contributed by atoms with Gasteiger partial charge in [0.1, 0.15) is 12.2 Å². The van der Waals surface area contributed by atoms with E-state index in [0.29, 0.717) is 35.5 Å². The molecule has 124 valence electrons. The lowest BCUT2D eigenvalue weighted by atomic mass is 9.94. The van der Waals surface area contributed by atoms with Crippen molar-refractivity contribution in [3.63, 3.8) is 0 Å². The van der Waals surface area contributed by atoms with Crippen LogP contribution in [0.4, 0.5) is 0 Å². The second kappa shape index (κ2) is 6.76. The summed E-state index contributed by atoms with van der Waals surface area (Å²) in [7, 11) is 1.52. The van der Waals surface area contributed by atoms with E-state index in [4.69, 9.17) is 15.2 Å². The van der Waals surface area contributed by atoms with Crippen LogP contribution in [-0.4, -0.2) is 52.1 Å². The molecule has 0 aliphatic carbocycles. The van der Waals surface area contributed by atoms with Crippen LogP contribution in [0.5, 0.6) is 5.88 Å². The zero-order valence-corrected chi connectivity index (χ0v) is 12.9. The summed E-state index contributed by atoms with van der Waals surface area (Å²) >= 11 is 0. The summed E-state index contributed by atoms with van der Waals surface area (Å²) in [6.07, 6.45) is 0.329. The fourth-order valence-electron chi connectivity index (χ4n) is 2.83. The van der Waals surface area contributed by atoms with Crippen LogP contribution in [0.15, 0.2) is 24.4 Å². The van der Waals surface area contributed by atoms with Crippen LogP contribution in [0.25, 0.3) is 11.0 Å². The molecule has 0 bridgehead atoms. The molecular weight excluding hydrogens is 298 g/mol. The Hall–Kier alpha value is -1.80. The predicted molar refractivity (Wildman–Crippen MR) is 84.0 cm³/mol. The first kappa shape index (κ1) is 16.1. The number of ether oxygens (including phenoxy) is 2. The van der Waals surface area contributed by atoms with E-state index in [2.05, 4.69) is 9.97 Å². The fraction of sp³-hybridized carbons (Fsp3) is 0.500. The molecule has 1 aliphatic heterocycles. The molecule has 7 nitrogen and oxygen atoms in total.